The first-order valence-electron chi connectivity index (χ1n) is 13.2. The van der Waals surface area contributed by atoms with Gasteiger partial charge in [0.15, 0.2) is 28.3 Å². The number of anilines is 3. The zero-order valence-corrected chi connectivity index (χ0v) is 23.2. The van der Waals surface area contributed by atoms with E-state index in [9.17, 15) is 18.7 Å². The number of fused-ring (bicyclic) bond motifs is 1. The average Bonchev–Trinajstić information content (AvgIpc) is 3.62. The van der Waals surface area contributed by atoms with Crippen LogP contribution in [0.4, 0.5) is 25.4 Å². The molecule has 1 aliphatic heterocycles. The van der Waals surface area contributed by atoms with Crippen molar-refractivity contribution in [2.45, 2.75) is 31.7 Å². The van der Waals surface area contributed by atoms with Crippen molar-refractivity contribution in [2.75, 3.05) is 44.0 Å². The lowest BCUT2D eigenvalue weighted by Gasteiger charge is -2.22. The van der Waals surface area contributed by atoms with Crippen LogP contribution in [-0.4, -0.2) is 70.3 Å². The molecule has 0 spiro atoms. The van der Waals surface area contributed by atoms with Crippen LogP contribution in [0.2, 0.25) is 0 Å². The summed E-state index contributed by atoms with van der Waals surface area (Å²) in [4.78, 5) is 28.3. The Morgan fingerprint density at radius 2 is 2.10 bits per heavy atom. The van der Waals surface area contributed by atoms with E-state index in [4.69, 9.17) is 9.47 Å². The van der Waals surface area contributed by atoms with Crippen LogP contribution in [0, 0.1) is 11.6 Å². The zero-order valence-electron chi connectivity index (χ0n) is 22.4. The highest BCUT2D eigenvalue weighted by Crippen LogP contribution is 2.35. The first-order chi connectivity index (χ1) is 19.9. The quantitative estimate of drug-likeness (QED) is 0.206. The SMILES string of the molecule is COc1cc2c(Nc3ncc(CC(=O)Nc4cccc(F)c4F)s3)ncnc2cc1OCCCN1CCC[C@H]1CO. The summed E-state index contributed by atoms with van der Waals surface area (Å²) in [7, 11) is 1.56. The lowest BCUT2D eigenvalue weighted by molar-refractivity contribution is -0.115. The largest absolute Gasteiger partial charge is 0.493 e. The van der Waals surface area contributed by atoms with Gasteiger partial charge in [-0.15, -0.1) is 11.3 Å². The van der Waals surface area contributed by atoms with Gasteiger partial charge in [-0.05, 0) is 44.0 Å². The maximum Gasteiger partial charge on any atom is 0.229 e. The fourth-order valence-corrected chi connectivity index (χ4v) is 5.59. The number of aliphatic hydroxyl groups is 1. The molecule has 2 aromatic carbocycles. The van der Waals surface area contributed by atoms with Gasteiger partial charge >= 0.3 is 0 Å². The molecular formula is C28H30F2N6O4S. The number of nitrogens with one attached hydrogen (secondary N) is 2. The Bertz CT molecular complexity index is 1520. The highest BCUT2D eigenvalue weighted by molar-refractivity contribution is 7.15. The maximum atomic E-state index is 13.9. The number of likely N-dealkylation sites (tertiary alicyclic amines) is 1. The molecule has 0 radical (unpaired) electrons. The van der Waals surface area contributed by atoms with Crippen molar-refractivity contribution in [1.82, 2.24) is 19.9 Å². The van der Waals surface area contributed by atoms with E-state index in [-0.39, 0.29) is 24.8 Å². The van der Waals surface area contributed by atoms with Gasteiger partial charge in [0.1, 0.15) is 12.1 Å². The topological polar surface area (TPSA) is 122 Å². The maximum absolute atomic E-state index is 13.9. The fourth-order valence-electron chi connectivity index (χ4n) is 4.78. The van der Waals surface area contributed by atoms with Crippen molar-refractivity contribution in [2.24, 2.45) is 0 Å². The number of carbonyl (C=O) groups excluding carboxylic acids is 1. The van der Waals surface area contributed by atoms with Crippen LogP contribution < -0.4 is 20.1 Å². The summed E-state index contributed by atoms with van der Waals surface area (Å²) in [6.45, 7) is 2.54. The van der Waals surface area contributed by atoms with Crippen molar-refractivity contribution in [3.8, 4) is 11.5 Å². The minimum absolute atomic E-state index is 0.0627. The number of amides is 1. The molecule has 41 heavy (non-hydrogen) atoms. The Morgan fingerprint density at radius 1 is 1.22 bits per heavy atom. The van der Waals surface area contributed by atoms with Gasteiger partial charge in [0.25, 0.3) is 0 Å². The van der Waals surface area contributed by atoms with E-state index in [1.807, 2.05) is 0 Å². The van der Waals surface area contributed by atoms with Gasteiger partial charge in [-0.3, -0.25) is 9.69 Å². The van der Waals surface area contributed by atoms with Crippen LogP contribution in [0.3, 0.4) is 0 Å². The highest BCUT2D eigenvalue weighted by Gasteiger charge is 2.23. The van der Waals surface area contributed by atoms with Crippen LogP contribution in [0.25, 0.3) is 10.9 Å². The Labute approximate surface area is 239 Å². The second-order valence-corrected chi connectivity index (χ2v) is 10.7. The molecule has 3 heterocycles. The van der Waals surface area contributed by atoms with Crippen molar-refractivity contribution in [3.63, 3.8) is 0 Å². The molecule has 4 aromatic rings. The first kappa shape index (κ1) is 28.6. The summed E-state index contributed by atoms with van der Waals surface area (Å²) in [5.41, 5.74) is 0.427. The third-order valence-corrected chi connectivity index (χ3v) is 7.73. The lowest BCUT2D eigenvalue weighted by Crippen LogP contribution is -2.33. The van der Waals surface area contributed by atoms with Crippen LogP contribution in [0.5, 0.6) is 11.5 Å². The first-order valence-corrected chi connectivity index (χ1v) is 14.0. The number of rotatable bonds is 12. The number of halogens is 2. The monoisotopic (exact) mass is 584 g/mol. The Hall–Kier alpha value is -3.94. The molecule has 216 valence electrons. The second-order valence-electron chi connectivity index (χ2n) is 9.54. The van der Waals surface area contributed by atoms with Gasteiger partial charge in [-0.2, -0.15) is 0 Å². The third kappa shape index (κ3) is 6.87. The summed E-state index contributed by atoms with van der Waals surface area (Å²) in [6, 6.07) is 7.44. The van der Waals surface area contributed by atoms with Gasteiger partial charge in [-0.25, -0.2) is 23.7 Å². The van der Waals surface area contributed by atoms with Gasteiger partial charge in [0, 0.05) is 35.1 Å². The number of hydrogen-bond acceptors (Lipinski definition) is 10. The highest BCUT2D eigenvalue weighted by atomic mass is 32.1. The van der Waals surface area contributed by atoms with Gasteiger partial charge < -0.3 is 25.2 Å². The zero-order chi connectivity index (χ0) is 28.8. The van der Waals surface area contributed by atoms with E-state index >= 15 is 0 Å². The van der Waals surface area contributed by atoms with Crippen LogP contribution >= 0.6 is 11.3 Å². The average molecular weight is 585 g/mol. The molecule has 1 saturated heterocycles. The van der Waals surface area contributed by atoms with Gasteiger partial charge in [-0.1, -0.05) is 6.07 Å². The minimum Gasteiger partial charge on any atom is -0.493 e. The number of hydrogen-bond donors (Lipinski definition) is 3. The van der Waals surface area contributed by atoms with Gasteiger partial charge in [0.05, 0.1) is 37.9 Å². The number of benzene rings is 2. The predicted molar refractivity (Wildman–Crippen MR) is 152 cm³/mol. The number of ether oxygens (including phenoxy) is 2. The van der Waals surface area contributed by atoms with Crippen molar-refractivity contribution in [1.29, 1.82) is 0 Å². The van der Waals surface area contributed by atoms with E-state index in [0.717, 1.165) is 38.4 Å². The number of nitrogens with zero attached hydrogens (tertiary/aromatic N) is 4. The van der Waals surface area contributed by atoms with Crippen molar-refractivity contribution < 1.29 is 28.2 Å². The van der Waals surface area contributed by atoms with Crippen LogP contribution in [0.15, 0.2) is 42.9 Å². The standard InChI is InChI=1S/C28H30F2N6O4S/c1-39-23-12-19-22(13-24(23)40-10-4-9-36-8-3-5-17(36)15-37)32-16-33-27(19)35-28-31-14-18(41-28)11-25(38)34-21-7-2-6-20(29)26(21)30/h2,6-7,12-14,16-17,37H,3-5,8-11,15H2,1H3,(H,34,38)(H,31,32,33,35)/t17-/m0/s1. The molecule has 0 unspecified atom stereocenters. The Kier molecular flexibility index (Phi) is 9.17. The van der Waals surface area contributed by atoms with E-state index in [1.165, 1.54) is 36.0 Å². The fraction of sp³-hybridized carbons (Fsp3) is 0.357. The van der Waals surface area contributed by atoms with Crippen LogP contribution in [-0.2, 0) is 11.2 Å². The lowest BCUT2D eigenvalue weighted by atomic mass is 10.2. The van der Waals surface area contributed by atoms with Crippen LogP contribution in [0.1, 0.15) is 24.1 Å². The minimum atomic E-state index is -1.11. The molecule has 0 saturated carbocycles. The molecule has 0 bridgehead atoms. The number of methoxy groups -OCH3 is 1. The van der Waals surface area contributed by atoms with E-state index in [1.54, 1.807) is 19.2 Å². The number of aromatic nitrogens is 3. The molecule has 3 N–H and O–H groups in total. The summed E-state index contributed by atoms with van der Waals surface area (Å²) in [5, 5.41) is 16.2. The molecule has 1 aliphatic rings. The molecule has 5 rings (SSSR count). The molecule has 2 aromatic heterocycles. The van der Waals surface area contributed by atoms with Crippen molar-refractivity contribution >= 4 is 44.8 Å². The summed E-state index contributed by atoms with van der Waals surface area (Å²) >= 11 is 1.23. The summed E-state index contributed by atoms with van der Waals surface area (Å²) < 4.78 is 38.9. The number of carbonyl (C=O) groups is 1. The van der Waals surface area contributed by atoms with E-state index in [2.05, 4.69) is 30.5 Å². The molecule has 1 amide bonds. The van der Waals surface area contributed by atoms with E-state index in [0.29, 0.717) is 44.8 Å². The summed E-state index contributed by atoms with van der Waals surface area (Å²) in [6.07, 6.45) is 5.86. The molecule has 1 atom stereocenters. The second kappa shape index (κ2) is 13.1. The van der Waals surface area contributed by atoms with Crippen molar-refractivity contribution in [3.05, 3.63) is 59.4 Å². The molecular weight excluding hydrogens is 554 g/mol. The molecule has 13 heteroatoms. The normalized spacial score (nSPS) is 15.3. The predicted octanol–water partition coefficient (Wildman–Crippen LogP) is 4.52. The number of thiazole rings is 1. The Balaban J connectivity index is 1.22. The smallest absolute Gasteiger partial charge is 0.229 e. The third-order valence-electron chi connectivity index (χ3n) is 6.82. The number of aliphatic hydroxyl groups excluding tert-OH is 1. The molecule has 10 nitrogen and oxygen atoms in total. The molecule has 0 aliphatic carbocycles. The van der Waals surface area contributed by atoms with Gasteiger partial charge in [0.2, 0.25) is 5.91 Å². The van der Waals surface area contributed by atoms with E-state index < -0.39 is 17.5 Å². The Morgan fingerprint density at radius 3 is 2.93 bits per heavy atom. The summed E-state index contributed by atoms with van der Waals surface area (Å²) in [5.74, 6) is -1.04. The molecule has 1 fully saturated rings.